The van der Waals surface area contributed by atoms with Gasteiger partial charge in [-0.2, -0.15) is 0 Å². The lowest BCUT2D eigenvalue weighted by atomic mass is 10.0. The Hall–Kier alpha value is -1.23. The van der Waals surface area contributed by atoms with Crippen molar-refractivity contribution in [3.05, 3.63) is 63.0 Å². The molecule has 1 aromatic heterocycles. The van der Waals surface area contributed by atoms with E-state index >= 15 is 0 Å². The molecule has 0 aliphatic rings. The molecule has 1 aromatic carbocycles. The lowest BCUT2D eigenvalue weighted by Gasteiger charge is -2.04. The van der Waals surface area contributed by atoms with Gasteiger partial charge in [0.2, 0.25) is 0 Å². The molecule has 0 saturated carbocycles. The minimum absolute atomic E-state index is 0.122. The first kappa shape index (κ1) is 12.2. The lowest BCUT2D eigenvalue weighted by molar-refractivity contribution is 0.0992. The second kappa shape index (κ2) is 5.40. The van der Waals surface area contributed by atoms with Gasteiger partial charge in [0, 0.05) is 27.9 Å². The maximum absolute atomic E-state index is 12.1. The van der Waals surface area contributed by atoms with Gasteiger partial charge in [0.05, 0.1) is 0 Å². The summed E-state index contributed by atoms with van der Waals surface area (Å²) in [4.78, 5) is 16.1. The Balaban J connectivity index is 2.17. The molecule has 0 N–H and O–H groups in total. The number of halogens is 1. The van der Waals surface area contributed by atoms with Gasteiger partial charge < -0.3 is 0 Å². The van der Waals surface area contributed by atoms with Crippen LogP contribution in [0.2, 0.25) is 0 Å². The van der Waals surface area contributed by atoms with Crippen LogP contribution >= 0.6 is 22.6 Å². The molecule has 0 bridgehead atoms. The second-order valence-corrected chi connectivity index (χ2v) is 5.16. The number of ketones is 1. The van der Waals surface area contributed by atoms with Crippen LogP contribution in [-0.4, -0.2) is 10.8 Å². The van der Waals surface area contributed by atoms with Crippen molar-refractivity contribution in [1.82, 2.24) is 4.98 Å². The van der Waals surface area contributed by atoms with Crippen molar-refractivity contribution < 1.29 is 4.79 Å². The first-order chi connectivity index (χ1) is 8.16. The third-order valence-electron chi connectivity index (χ3n) is 2.62. The van der Waals surface area contributed by atoms with Crippen molar-refractivity contribution in [3.63, 3.8) is 0 Å². The van der Waals surface area contributed by atoms with Gasteiger partial charge in [-0.3, -0.25) is 9.78 Å². The van der Waals surface area contributed by atoms with Gasteiger partial charge in [-0.25, -0.2) is 0 Å². The maximum Gasteiger partial charge on any atom is 0.169 e. The largest absolute Gasteiger partial charge is 0.294 e. The number of aromatic nitrogens is 1. The second-order valence-electron chi connectivity index (χ2n) is 3.92. The third kappa shape index (κ3) is 3.12. The number of aryl methyl sites for hydroxylation is 1. The van der Waals surface area contributed by atoms with Crippen molar-refractivity contribution >= 4 is 28.4 Å². The van der Waals surface area contributed by atoms with E-state index in [-0.39, 0.29) is 5.78 Å². The summed E-state index contributed by atoms with van der Waals surface area (Å²) >= 11 is 2.25. The minimum Gasteiger partial charge on any atom is -0.294 e. The summed E-state index contributed by atoms with van der Waals surface area (Å²) in [5.41, 5.74) is 2.74. The number of carbonyl (C=O) groups excluding carboxylic acids is 1. The predicted molar refractivity (Wildman–Crippen MR) is 76.2 cm³/mol. The van der Waals surface area contributed by atoms with Crippen LogP contribution in [0.1, 0.15) is 21.5 Å². The first-order valence-electron chi connectivity index (χ1n) is 5.35. The SMILES string of the molecule is Cc1ccncc1C(=O)Cc1ccc(I)cc1. The molecule has 1 heterocycles. The van der Waals surface area contributed by atoms with Crippen molar-refractivity contribution in [1.29, 1.82) is 0 Å². The summed E-state index contributed by atoms with van der Waals surface area (Å²) in [7, 11) is 0. The van der Waals surface area contributed by atoms with Crippen LogP contribution in [0.5, 0.6) is 0 Å². The third-order valence-corrected chi connectivity index (χ3v) is 3.34. The number of pyridine rings is 1. The fourth-order valence-corrected chi connectivity index (χ4v) is 2.00. The van der Waals surface area contributed by atoms with E-state index in [1.165, 1.54) is 3.57 Å². The predicted octanol–water partition coefficient (Wildman–Crippen LogP) is 3.42. The van der Waals surface area contributed by atoms with E-state index in [1.54, 1.807) is 12.4 Å². The molecule has 0 unspecified atom stereocenters. The number of hydrogen-bond acceptors (Lipinski definition) is 2. The van der Waals surface area contributed by atoms with E-state index in [0.29, 0.717) is 12.0 Å². The molecule has 17 heavy (non-hydrogen) atoms. The highest BCUT2D eigenvalue weighted by Crippen LogP contribution is 2.12. The van der Waals surface area contributed by atoms with Crippen LogP contribution in [0, 0.1) is 10.5 Å². The topological polar surface area (TPSA) is 30.0 Å². The Morgan fingerprint density at radius 2 is 1.94 bits per heavy atom. The molecule has 0 fully saturated rings. The normalized spacial score (nSPS) is 10.2. The standard InChI is InChI=1S/C14H12INO/c1-10-6-7-16-9-13(10)14(17)8-11-2-4-12(15)5-3-11/h2-7,9H,8H2,1H3. The van der Waals surface area contributed by atoms with Gasteiger partial charge in [0.15, 0.2) is 5.78 Å². The van der Waals surface area contributed by atoms with Crippen LogP contribution < -0.4 is 0 Å². The Bertz CT molecular complexity index is 534. The van der Waals surface area contributed by atoms with Gasteiger partial charge in [-0.05, 0) is 58.8 Å². The molecule has 2 rings (SSSR count). The van der Waals surface area contributed by atoms with Crippen molar-refractivity contribution in [2.24, 2.45) is 0 Å². The summed E-state index contributed by atoms with van der Waals surface area (Å²) in [5, 5.41) is 0. The molecular formula is C14H12INO. The highest BCUT2D eigenvalue weighted by atomic mass is 127. The molecule has 0 amide bonds. The van der Waals surface area contributed by atoms with Crippen molar-refractivity contribution in [2.45, 2.75) is 13.3 Å². The number of carbonyl (C=O) groups is 1. The fourth-order valence-electron chi connectivity index (χ4n) is 1.64. The van der Waals surface area contributed by atoms with Crippen LogP contribution in [0.15, 0.2) is 42.7 Å². The number of nitrogens with zero attached hydrogens (tertiary/aromatic N) is 1. The molecule has 0 radical (unpaired) electrons. The van der Waals surface area contributed by atoms with Crippen LogP contribution in [0.3, 0.4) is 0 Å². The number of benzene rings is 1. The van der Waals surface area contributed by atoms with E-state index < -0.39 is 0 Å². The van der Waals surface area contributed by atoms with E-state index in [1.807, 2.05) is 37.3 Å². The smallest absolute Gasteiger partial charge is 0.169 e. The molecule has 86 valence electrons. The highest BCUT2D eigenvalue weighted by molar-refractivity contribution is 14.1. The Morgan fingerprint density at radius 3 is 2.59 bits per heavy atom. The molecule has 2 nitrogen and oxygen atoms in total. The van der Waals surface area contributed by atoms with Gasteiger partial charge in [0.1, 0.15) is 0 Å². The minimum atomic E-state index is 0.122. The highest BCUT2D eigenvalue weighted by Gasteiger charge is 2.09. The molecule has 0 spiro atoms. The average molecular weight is 337 g/mol. The number of Topliss-reactive ketones (excluding diaryl/α,β-unsaturated/α-hetero) is 1. The van der Waals surface area contributed by atoms with Crippen molar-refractivity contribution in [2.75, 3.05) is 0 Å². The van der Waals surface area contributed by atoms with E-state index in [0.717, 1.165) is 11.1 Å². The summed E-state index contributed by atoms with van der Waals surface area (Å²) in [6.07, 6.45) is 3.78. The van der Waals surface area contributed by atoms with Gasteiger partial charge in [-0.1, -0.05) is 12.1 Å². The first-order valence-corrected chi connectivity index (χ1v) is 6.43. The summed E-state index contributed by atoms with van der Waals surface area (Å²) in [5.74, 6) is 0.122. The zero-order valence-electron chi connectivity index (χ0n) is 9.48. The summed E-state index contributed by atoms with van der Waals surface area (Å²) in [6, 6.07) is 9.87. The van der Waals surface area contributed by atoms with Crippen molar-refractivity contribution in [3.8, 4) is 0 Å². The van der Waals surface area contributed by atoms with E-state index in [9.17, 15) is 4.79 Å². The average Bonchev–Trinajstić information content (AvgIpc) is 2.32. The fraction of sp³-hybridized carbons (Fsp3) is 0.143. The summed E-state index contributed by atoms with van der Waals surface area (Å²) in [6.45, 7) is 1.93. The summed E-state index contributed by atoms with van der Waals surface area (Å²) < 4.78 is 1.18. The molecule has 2 aromatic rings. The lowest BCUT2D eigenvalue weighted by Crippen LogP contribution is -2.06. The Morgan fingerprint density at radius 1 is 1.24 bits per heavy atom. The van der Waals surface area contributed by atoms with Gasteiger partial charge in [0.25, 0.3) is 0 Å². The molecule has 3 heteroatoms. The maximum atomic E-state index is 12.1. The molecule has 0 saturated heterocycles. The van der Waals surface area contributed by atoms with Gasteiger partial charge in [-0.15, -0.1) is 0 Å². The quantitative estimate of drug-likeness (QED) is 0.635. The molecule has 0 aliphatic carbocycles. The Labute approximate surface area is 114 Å². The van der Waals surface area contributed by atoms with E-state index in [4.69, 9.17) is 0 Å². The number of rotatable bonds is 3. The zero-order valence-corrected chi connectivity index (χ0v) is 11.6. The molecule has 0 atom stereocenters. The van der Waals surface area contributed by atoms with E-state index in [2.05, 4.69) is 27.6 Å². The van der Waals surface area contributed by atoms with Crippen LogP contribution in [0.25, 0.3) is 0 Å². The number of hydrogen-bond donors (Lipinski definition) is 0. The van der Waals surface area contributed by atoms with Crippen LogP contribution in [0.4, 0.5) is 0 Å². The van der Waals surface area contributed by atoms with Gasteiger partial charge >= 0.3 is 0 Å². The zero-order chi connectivity index (χ0) is 12.3. The molecule has 0 aliphatic heterocycles. The molecular weight excluding hydrogens is 325 g/mol. The monoisotopic (exact) mass is 337 g/mol. The van der Waals surface area contributed by atoms with Crippen LogP contribution in [-0.2, 0) is 6.42 Å². The Kier molecular flexibility index (Phi) is 3.89.